The topological polar surface area (TPSA) is 24.9 Å². The van der Waals surface area contributed by atoms with Crippen molar-refractivity contribution in [3.63, 3.8) is 0 Å². The first-order valence-corrected chi connectivity index (χ1v) is 5.61. The van der Waals surface area contributed by atoms with E-state index in [1.165, 1.54) is 11.3 Å². The number of nitrogens with zero attached hydrogens (tertiary/aromatic N) is 2. The number of nitrogens with one attached hydrogen (secondary N) is 1. The Hall–Kier alpha value is -2.13. The number of anilines is 1. The fraction of sp³-hybridized carbons (Fsp3) is 0.0714. The van der Waals surface area contributed by atoms with E-state index in [1.54, 1.807) is 12.4 Å². The van der Waals surface area contributed by atoms with Crippen molar-refractivity contribution in [1.82, 2.24) is 9.58 Å². The Balaban J connectivity index is 1.97. The second-order valence-electron chi connectivity index (χ2n) is 4.30. The lowest BCUT2D eigenvalue weighted by Gasteiger charge is -2.27. The van der Waals surface area contributed by atoms with Crippen LogP contribution in [0.1, 0.15) is 5.56 Å². The highest BCUT2D eigenvalue weighted by Gasteiger charge is 2.30. The summed E-state index contributed by atoms with van der Waals surface area (Å²) in [6, 6.07) is 12.3. The maximum atomic E-state index is 4.02. The van der Waals surface area contributed by atoms with Gasteiger partial charge in [-0.15, -0.1) is 0 Å². The third kappa shape index (κ3) is 1.70. The molecule has 1 unspecified atom stereocenters. The van der Waals surface area contributed by atoms with Gasteiger partial charge in [0.25, 0.3) is 0 Å². The Bertz CT molecular complexity index is 563. The fourth-order valence-electron chi connectivity index (χ4n) is 2.15. The van der Waals surface area contributed by atoms with Gasteiger partial charge in [0, 0.05) is 30.1 Å². The van der Waals surface area contributed by atoms with Crippen molar-refractivity contribution in [2.75, 3.05) is 12.5 Å². The molecule has 0 saturated heterocycles. The van der Waals surface area contributed by atoms with Crippen LogP contribution in [0.25, 0.3) is 6.08 Å². The molecule has 3 rings (SSSR count). The van der Waals surface area contributed by atoms with E-state index >= 15 is 0 Å². The molecule has 0 amide bonds. The molecule has 0 fully saturated rings. The van der Waals surface area contributed by atoms with Crippen molar-refractivity contribution in [3.8, 4) is 0 Å². The second-order valence-corrected chi connectivity index (χ2v) is 4.30. The molecule has 17 heavy (non-hydrogen) atoms. The SMILES string of the molecule is C[N+]1(Nc2ccncc2)C=Cc2ccccc21. The minimum atomic E-state index is 0.584. The second kappa shape index (κ2) is 3.71. The predicted octanol–water partition coefficient (Wildman–Crippen LogP) is 3.03. The highest BCUT2D eigenvalue weighted by atomic mass is 15.6. The Kier molecular flexibility index (Phi) is 2.20. The van der Waals surface area contributed by atoms with E-state index < -0.39 is 0 Å². The number of para-hydroxylation sites is 1. The van der Waals surface area contributed by atoms with Crippen LogP contribution in [0.5, 0.6) is 0 Å². The first-order chi connectivity index (χ1) is 8.28. The van der Waals surface area contributed by atoms with E-state index in [4.69, 9.17) is 0 Å². The average Bonchev–Trinajstić information content (AvgIpc) is 2.69. The molecule has 0 saturated carbocycles. The quantitative estimate of drug-likeness (QED) is 0.793. The molecule has 1 atom stereocenters. The molecule has 1 aromatic heterocycles. The highest BCUT2D eigenvalue weighted by molar-refractivity contribution is 5.74. The van der Waals surface area contributed by atoms with Crippen LogP contribution in [0.3, 0.4) is 0 Å². The molecule has 1 aromatic carbocycles. The van der Waals surface area contributed by atoms with Gasteiger partial charge in [-0.25, -0.2) is 5.43 Å². The lowest BCUT2D eigenvalue weighted by Crippen LogP contribution is -2.43. The van der Waals surface area contributed by atoms with Crippen LogP contribution in [0.2, 0.25) is 0 Å². The van der Waals surface area contributed by atoms with Gasteiger partial charge in [0.2, 0.25) is 0 Å². The van der Waals surface area contributed by atoms with Gasteiger partial charge < -0.3 is 0 Å². The van der Waals surface area contributed by atoms with Gasteiger partial charge in [-0.3, -0.25) is 4.98 Å². The van der Waals surface area contributed by atoms with Crippen LogP contribution in [0.4, 0.5) is 11.4 Å². The summed E-state index contributed by atoms with van der Waals surface area (Å²) in [5.74, 6) is 0. The molecule has 0 bridgehead atoms. The summed E-state index contributed by atoms with van der Waals surface area (Å²) >= 11 is 0. The predicted molar refractivity (Wildman–Crippen MR) is 71.1 cm³/mol. The van der Waals surface area contributed by atoms with Crippen molar-refractivity contribution in [2.24, 2.45) is 0 Å². The minimum absolute atomic E-state index is 0.584. The third-order valence-corrected chi connectivity index (χ3v) is 3.03. The largest absolute Gasteiger partial charge is 0.265 e. The van der Waals surface area contributed by atoms with Gasteiger partial charge in [-0.05, 0) is 18.2 Å². The van der Waals surface area contributed by atoms with E-state index in [0.29, 0.717) is 4.59 Å². The number of hydrogen-bond acceptors (Lipinski definition) is 2. The summed E-state index contributed by atoms with van der Waals surface area (Å²) < 4.78 is 0.584. The Morgan fingerprint density at radius 3 is 2.65 bits per heavy atom. The van der Waals surface area contributed by atoms with Crippen molar-refractivity contribution in [3.05, 3.63) is 60.6 Å². The lowest BCUT2D eigenvalue weighted by atomic mass is 10.2. The summed E-state index contributed by atoms with van der Waals surface area (Å²) in [6.45, 7) is 0. The highest BCUT2D eigenvalue weighted by Crippen LogP contribution is 2.33. The van der Waals surface area contributed by atoms with Gasteiger partial charge >= 0.3 is 0 Å². The Morgan fingerprint density at radius 2 is 1.82 bits per heavy atom. The normalized spacial score (nSPS) is 21.2. The summed E-state index contributed by atoms with van der Waals surface area (Å²) in [6.07, 6.45) is 7.87. The van der Waals surface area contributed by atoms with Gasteiger partial charge in [0.15, 0.2) is 5.69 Å². The first-order valence-electron chi connectivity index (χ1n) is 5.61. The van der Waals surface area contributed by atoms with Crippen LogP contribution >= 0.6 is 0 Å². The first kappa shape index (κ1) is 10.1. The summed E-state index contributed by atoms with van der Waals surface area (Å²) in [5, 5.41) is 0. The van der Waals surface area contributed by atoms with Crippen LogP contribution in [0, 0.1) is 0 Å². The van der Waals surface area contributed by atoms with E-state index in [-0.39, 0.29) is 0 Å². The van der Waals surface area contributed by atoms with Crippen LogP contribution in [-0.4, -0.2) is 12.0 Å². The summed E-state index contributed by atoms with van der Waals surface area (Å²) in [7, 11) is 2.13. The van der Waals surface area contributed by atoms with Gasteiger partial charge in [-0.2, -0.15) is 4.59 Å². The molecule has 1 aliphatic heterocycles. The Labute approximate surface area is 101 Å². The molecule has 1 N–H and O–H groups in total. The standard InChI is InChI=1S/C14H14N3/c1-17(16-13-6-9-15-10-7-13)11-8-12-4-2-3-5-14(12)17/h2-11H,1H3,(H,15,16)/q+1. The molecule has 0 aliphatic carbocycles. The molecule has 2 heterocycles. The van der Waals surface area contributed by atoms with Crippen molar-refractivity contribution < 1.29 is 0 Å². The van der Waals surface area contributed by atoms with Crippen LogP contribution < -0.4 is 10.0 Å². The van der Waals surface area contributed by atoms with Crippen molar-refractivity contribution in [1.29, 1.82) is 0 Å². The zero-order chi connectivity index (χ0) is 11.7. The molecule has 3 heteroatoms. The van der Waals surface area contributed by atoms with E-state index in [1.807, 2.05) is 12.1 Å². The molecule has 1 aliphatic rings. The van der Waals surface area contributed by atoms with Crippen molar-refractivity contribution in [2.45, 2.75) is 0 Å². The van der Waals surface area contributed by atoms with Crippen LogP contribution in [-0.2, 0) is 0 Å². The van der Waals surface area contributed by atoms with Crippen molar-refractivity contribution >= 4 is 17.5 Å². The number of quaternary nitrogens is 1. The number of rotatable bonds is 2. The van der Waals surface area contributed by atoms with E-state index in [9.17, 15) is 0 Å². The monoisotopic (exact) mass is 224 g/mol. The number of benzene rings is 1. The molecule has 0 spiro atoms. The summed E-state index contributed by atoms with van der Waals surface area (Å²) in [5.41, 5.74) is 7.06. The average molecular weight is 224 g/mol. The smallest absolute Gasteiger partial charge is 0.169 e. The zero-order valence-corrected chi connectivity index (χ0v) is 9.67. The number of fused-ring (bicyclic) bond motifs is 1. The maximum Gasteiger partial charge on any atom is 0.169 e. The minimum Gasteiger partial charge on any atom is -0.265 e. The molecule has 2 aromatic rings. The van der Waals surface area contributed by atoms with E-state index in [2.05, 4.69) is 54.0 Å². The van der Waals surface area contributed by atoms with Gasteiger partial charge in [-0.1, -0.05) is 12.1 Å². The third-order valence-electron chi connectivity index (χ3n) is 3.03. The van der Waals surface area contributed by atoms with E-state index in [0.717, 1.165) is 5.69 Å². The summed E-state index contributed by atoms with van der Waals surface area (Å²) in [4.78, 5) is 4.02. The lowest BCUT2D eigenvalue weighted by molar-refractivity contribution is 0.540. The molecule has 3 nitrogen and oxygen atoms in total. The molecule has 0 radical (unpaired) electrons. The Morgan fingerprint density at radius 1 is 1.06 bits per heavy atom. The maximum absolute atomic E-state index is 4.02. The van der Waals surface area contributed by atoms with Gasteiger partial charge in [0.05, 0.1) is 5.69 Å². The molecular weight excluding hydrogens is 210 g/mol. The number of aromatic nitrogens is 1. The van der Waals surface area contributed by atoms with Gasteiger partial charge in [0.1, 0.15) is 13.2 Å². The number of hydrogen-bond donors (Lipinski definition) is 1. The number of pyridine rings is 1. The molecule has 84 valence electrons. The fourth-order valence-corrected chi connectivity index (χ4v) is 2.15. The van der Waals surface area contributed by atoms with Crippen LogP contribution in [0.15, 0.2) is 55.0 Å². The molecular formula is C14H14N3+. The zero-order valence-electron chi connectivity index (χ0n) is 9.67.